The van der Waals surface area contributed by atoms with Crippen molar-refractivity contribution in [3.05, 3.63) is 70.8 Å². The summed E-state index contributed by atoms with van der Waals surface area (Å²) in [5.41, 5.74) is 2.63. The molecule has 0 spiro atoms. The molecule has 0 aliphatic rings. The third-order valence-electron chi connectivity index (χ3n) is 3.75. The van der Waals surface area contributed by atoms with Gasteiger partial charge in [0.15, 0.2) is 0 Å². The van der Waals surface area contributed by atoms with Crippen LogP contribution in [0.25, 0.3) is 16.6 Å². The van der Waals surface area contributed by atoms with Gasteiger partial charge in [-0.2, -0.15) is 0 Å². The molecule has 0 radical (unpaired) electrons. The van der Waals surface area contributed by atoms with E-state index in [1.807, 2.05) is 55.6 Å². The molecular weight excluding hydrogens is 262 g/mol. The molecule has 106 valence electrons. The van der Waals surface area contributed by atoms with Crippen molar-refractivity contribution in [3.63, 3.8) is 0 Å². The Morgan fingerprint density at radius 3 is 2.62 bits per heavy atom. The number of fused-ring (bicyclic) bond motifs is 1. The van der Waals surface area contributed by atoms with Gasteiger partial charge in [-0.05, 0) is 43.8 Å². The van der Waals surface area contributed by atoms with Crippen molar-refractivity contribution in [2.45, 2.75) is 13.0 Å². The van der Waals surface area contributed by atoms with E-state index in [1.54, 1.807) is 10.9 Å². The van der Waals surface area contributed by atoms with E-state index >= 15 is 0 Å². The van der Waals surface area contributed by atoms with Crippen molar-refractivity contribution in [2.75, 3.05) is 7.05 Å². The number of benzene rings is 2. The minimum atomic E-state index is -0.0464. The average Bonchev–Trinajstić information content (AvgIpc) is 2.55. The van der Waals surface area contributed by atoms with Crippen LogP contribution in [0, 0.1) is 0 Å². The van der Waals surface area contributed by atoms with Crippen molar-refractivity contribution in [3.8, 4) is 5.69 Å². The number of nitrogens with one attached hydrogen (secondary N) is 1. The standard InChI is InChI=1S/C17H17N3O/c1-12(18-2)13-8-9-15-16(10-13)19-11-20(17(15)21)14-6-4-3-5-7-14/h3-12,18H,1-2H3. The lowest BCUT2D eigenvalue weighted by Crippen LogP contribution is -2.19. The molecule has 3 rings (SSSR count). The van der Waals surface area contributed by atoms with Crippen LogP contribution >= 0.6 is 0 Å². The first-order chi connectivity index (χ1) is 10.2. The van der Waals surface area contributed by atoms with Crippen LogP contribution in [0.5, 0.6) is 0 Å². The molecule has 21 heavy (non-hydrogen) atoms. The van der Waals surface area contributed by atoms with Crippen LogP contribution in [-0.4, -0.2) is 16.6 Å². The van der Waals surface area contributed by atoms with E-state index in [2.05, 4.69) is 17.2 Å². The summed E-state index contributed by atoms with van der Waals surface area (Å²) >= 11 is 0. The van der Waals surface area contributed by atoms with E-state index in [4.69, 9.17) is 0 Å². The van der Waals surface area contributed by atoms with Crippen LogP contribution in [0.2, 0.25) is 0 Å². The zero-order valence-corrected chi connectivity index (χ0v) is 12.1. The second-order valence-corrected chi connectivity index (χ2v) is 5.04. The predicted octanol–water partition coefficient (Wildman–Crippen LogP) is 2.67. The number of para-hydroxylation sites is 1. The maximum absolute atomic E-state index is 12.6. The minimum absolute atomic E-state index is 0.0464. The largest absolute Gasteiger partial charge is 0.313 e. The van der Waals surface area contributed by atoms with Crippen molar-refractivity contribution in [2.24, 2.45) is 0 Å². The number of rotatable bonds is 3. The van der Waals surface area contributed by atoms with Crippen molar-refractivity contribution in [1.29, 1.82) is 0 Å². The first-order valence-electron chi connectivity index (χ1n) is 6.94. The highest BCUT2D eigenvalue weighted by Crippen LogP contribution is 2.17. The van der Waals surface area contributed by atoms with Gasteiger partial charge in [0.2, 0.25) is 0 Å². The van der Waals surface area contributed by atoms with Crippen molar-refractivity contribution < 1.29 is 0 Å². The van der Waals surface area contributed by atoms with Gasteiger partial charge < -0.3 is 5.32 Å². The summed E-state index contributed by atoms with van der Waals surface area (Å²) in [5, 5.41) is 3.82. The summed E-state index contributed by atoms with van der Waals surface area (Å²) in [6, 6.07) is 15.6. The lowest BCUT2D eigenvalue weighted by molar-refractivity contribution is 0.653. The van der Waals surface area contributed by atoms with Crippen LogP contribution in [0.4, 0.5) is 0 Å². The molecule has 4 nitrogen and oxygen atoms in total. The monoisotopic (exact) mass is 279 g/mol. The molecule has 4 heteroatoms. The summed E-state index contributed by atoms with van der Waals surface area (Å²) < 4.78 is 1.57. The summed E-state index contributed by atoms with van der Waals surface area (Å²) in [5.74, 6) is 0. The number of nitrogens with zero attached hydrogens (tertiary/aromatic N) is 2. The van der Waals surface area contributed by atoms with Gasteiger partial charge in [-0.1, -0.05) is 24.3 Å². The van der Waals surface area contributed by atoms with Gasteiger partial charge in [0.05, 0.1) is 16.6 Å². The Morgan fingerprint density at radius 2 is 1.90 bits per heavy atom. The molecule has 0 aliphatic carbocycles. The molecule has 1 heterocycles. The minimum Gasteiger partial charge on any atom is -0.313 e. The normalized spacial score (nSPS) is 12.5. The first kappa shape index (κ1) is 13.5. The summed E-state index contributed by atoms with van der Waals surface area (Å²) in [6.45, 7) is 2.08. The van der Waals surface area contributed by atoms with E-state index in [0.29, 0.717) is 5.39 Å². The summed E-state index contributed by atoms with van der Waals surface area (Å²) in [6.07, 6.45) is 1.59. The van der Waals surface area contributed by atoms with E-state index in [-0.39, 0.29) is 11.6 Å². The highest BCUT2D eigenvalue weighted by atomic mass is 16.1. The highest BCUT2D eigenvalue weighted by molar-refractivity contribution is 5.78. The molecule has 2 aromatic carbocycles. The van der Waals surface area contributed by atoms with Crippen molar-refractivity contribution in [1.82, 2.24) is 14.9 Å². The van der Waals surface area contributed by atoms with Gasteiger partial charge in [-0.15, -0.1) is 0 Å². The second-order valence-electron chi connectivity index (χ2n) is 5.04. The molecule has 0 bridgehead atoms. The Kier molecular flexibility index (Phi) is 3.54. The zero-order valence-electron chi connectivity index (χ0n) is 12.1. The molecule has 0 fully saturated rings. The molecule has 0 aliphatic heterocycles. The molecule has 0 saturated carbocycles. The Morgan fingerprint density at radius 1 is 1.14 bits per heavy atom. The van der Waals surface area contributed by atoms with Gasteiger partial charge in [0, 0.05) is 6.04 Å². The summed E-state index contributed by atoms with van der Waals surface area (Å²) in [4.78, 5) is 17.0. The fraction of sp³-hybridized carbons (Fsp3) is 0.176. The fourth-order valence-corrected chi connectivity index (χ4v) is 2.35. The van der Waals surface area contributed by atoms with Crippen LogP contribution in [0.15, 0.2) is 59.7 Å². The molecule has 0 saturated heterocycles. The van der Waals surface area contributed by atoms with Crippen LogP contribution < -0.4 is 10.9 Å². The maximum atomic E-state index is 12.6. The maximum Gasteiger partial charge on any atom is 0.265 e. The number of aromatic nitrogens is 2. The first-order valence-corrected chi connectivity index (χ1v) is 6.94. The van der Waals surface area contributed by atoms with E-state index in [1.165, 1.54) is 0 Å². The topological polar surface area (TPSA) is 46.9 Å². The third-order valence-corrected chi connectivity index (χ3v) is 3.75. The number of hydrogen-bond acceptors (Lipinski definition) is 3. The lowest BCUT2D eigenvalue weighted by Gasteiger charge is -2.12. The molecule has 0 amide bonds. The molecule has 3 aromatic rings. The Hall–Kier alpha value is -2.46. The lowest BCUT2D eigenvalue weighted by atomic mass is 10.1. The number of hydrogen-bond donors (Lipinski definition) is 1. The van der Waals surface area contributed by atoms with Gasteiger partial charge in [0.1, 0.15) is 6.33 Å². The van der Waals surface area contributed by atoms with Gasteiger partial charge >= 0.3 is 0 Å². The van der Waals surface area contributed by atoms with E-state index in [9.17, 15) is 4.79 Å². The average molecular weight is 279 g/mol. The smallest absolute Gasteiger partial charge is 0.265 e. The zero-order chi connectivity index (χ0) is 14.8. The molecule has 1 atom stereocenters. The Balaban J connectivity index is 2.17. The molecule has 1 unspecified atom stereocenters. The van der Waals surface area contributed by atoms with Crippen LogP contribution in [-0.2, 0) is 0 Å². The predicted molar refractivity (Wildman–Crippen MR) is 84.8 cm³/mol. The highest BCUT2D eigenvalue weighted by Gasteiger charge is 2.08. The third kappa shape index (κ3) is 2.45. The second kappa shape index (κ2) is 5.50. The molecule has 1 N–H and O–H groups in total. The fourth-order valence-electron chi connectivity index (χ4n) is 2.35. The van der Waals surface area contributed by atoms with E-state index < -0.39 is 0 Å². The Bertz CT molecular complexity index is 824. The Labute approximate surface area is 123 Å². The van der Waals surface area contributed by atoms with Crippen molar-refractivity contribution >= 4 is 10.9 Å². The molecular formula is C17H17N3O. The quantitative estimate of drug-likeness (QED) is 0.802. The van der Waals surface area contributed by atoms with Gasteiger partial charge in [-0.3, -0.25) is 9.36 Å². The van der Waals surface area contributed by atoms with Gasteiger partial charge in [-0.25, -0.2) is 4.98 Å². The molecule has 1 aromatic heterocycles. The van der Waals surface area contributed by atoms with Gasteiger partial charge in [0.25, 0.3) is 5.56 Å². The SMILES string of the molecule is CNC(C)c1ccc2c(=O)n(-c3ccccc3)cnc2c1. The van der Waals surface area contributed by atoms with Crippen LogP contribution in [0.1, 0.15) is 18.5 Å². The van der Waals surface area contributed by atoms with E-state index in [0.717, 1.165) is 16.8 Å². The summed E-state index contributed by atoms with van der Waals surface area (Å²) in [7, 11) is 1.91. The van der Waals surface area contributed by atoms with Crippen LogP contribution in [0.3, 0.4) is 0 Å².